The van der Waals surface area contributed by atoms with Crippen LogP contribution in [-0.2, 0) is 15.2 Å². The largest absolute Gasteiger partial charge is 0.372 e. The van der Waals surface area contributed by atoms with Gasteiger partial charge < -0.3 is 10.4 Å². The average molecular weight is 419 g/mol. The second kappa shape index (κ2) is 7.97. The van der Waals surface area contributed by atoms with E-state index in [2.05, 4.69) is 5.32 Å². The number of rotatable bonds is 5. The number of carbonyl (C=O) groups excluding carboxylic acids is 2. The number of para-hydroxylation sites is 1. The van der Waals surface area contributed by atoms with Crippen molar-refractivity contribution in [3.63, 3.8) is 0 Å². The highest BCUT2D eigenvalue weighted by molar-refractivity contribution is 7.98. The molecule has 30 heavy (non-hydrogen) atoms. The standard InChI is InChI=1S/C24H22N2O3S/c1-16-10-12-17(13-11-16)24(29)20-8-3-4-9-21(20)26(23(24)28)15-22(27)25-18-6-5-7-19(14-18)30-2/h3-14,29H,15H2,1-2H3,(H,25,27)/t24-/m0/s1. The number of nitrogens with one attached hydrogen (secondary N) is 1. The number of carbonyl (C=O) groups is 2. The molecule has 1 aliphatic rings. The van der Waals surface area contributed by atoms with E-state index in [-0.39, 0.29) is 12.5 Å². The Morgan fingerprint density at radius 2 is 1.80 bits per heavy atom. The van der Waals surface area contributed by atoms with E-state index in [0.29, 0.717) is 22.5 Å². The summed E-state index contributed by atoms with van der Waals surface area (Å²) in [4.78, 5) is 28.5. The summed E-state index contributed by atoms with van der Waals surface area (Å²) >= 11 is 1.58. The van der Waals surface area contributed by atoms with E-state index >= 15 is 0 Å². The minimum atomic E-state index is -1.82. The van der Waals surface area contributed by atoms with Crippen LogP contribution in [0.3, 0.4) is 0 Å². The minimum absolute atomic E-state index is 0.187. The number of anilines is 2. The van der Waals surface area contributed by atoms with Crippen LogP contribution in [0, 0.1) is 6.92 Å². The lowest BCUT2D eigenvalue weighted by Crippen LogP contribution is -2.44. The Bertz CT molecular complexity index is 1110. The van der Waals surface area contributed by atoms with Crippen molar-refractivity contribution < 1.29 is 14.7 Å². The molecule has 0 aromatic heterocycles. The molecule has 0 unspecified atom stereocenters. The van der Waals surface area contributed by atoms with Crippen molar-refractivity contribution in [2.24, 2.45) is 0 Å². The Kier molecular flexibility index (Phi) is 5.37. The molecular formula is C24H22N2O3S. The first kappa shape index (κ1) is 20.2. The van der Waals surface area contributed by atoms with Gasteiger partial charge in [0.25, 0.3) is 5.91 Å². The van der Waals surface area contributed by atoms with Gasteiger partial charge in [-0.15, -0.1) is 11.8 Å². The lowest BCUT2D eigenvalue weighted by Gasteiger charge is -2.23. The molecule has 0 bridgehead atoms. The van der Waals surface area contributed by atoms with Crippen molar-refractivity contribution in [2.75, 3.05) is 23.0 Å². The smallest absolute Gasteiger partial charge is 0.268 e. The van der Waals surface area contributed by atoms with Gasteiger partial charge in [-0.25, -0.2) is 0 Å². The zero-order valence-electron chi connectivity index (χ0n) is 16.8. The molecule has 1 atom stereocenters. The molecule has 0 saturated carbocycles. The van der Waals surface area contributed by atoms with Gasteiger partial charge in [-0.1, -0.05) is 54.1 Å². The van der Waals surface area contributed by atoms with Gasteiger partial charge in [0.2, 0.25) is 5.91 Å². The van der Waals surface area contributed by atoms with Crippen LogP contribution in [0.1, 0.15) is 16.7 Å². The van der Waals surface area contributed by atoms with Crippen molar-refractivity contribution in [2.45, 2.75) is 17.4 Å². The van der Waals surface area contributed by atoms with Crippen LogP contribution < -0.4 is 10.2 Å². The lowest BCUT2D eigenvalue weighted by atomic mass is 9.87. The van der Waals surface area contributed by atoms with Gasteiger partial charge in [0.05, 0.1) is 5.69 Å². The average Bonchev–Trinajstić information content (AvgIpc) is 2.97. The Hall–Kier alpha value is -3.09. The Morgan fingerprint density at radius 1 is 1.07 bits per heavy atom. The number of thioether (sulfide) groups is 1. The van der Waals surface area contributed by atoms with E-state index in [1.54, 1.807) is 54.2 Å². The van der Waals surface area contributed by atoms with Gasteiger partial charge in [-0.2, -0.15) is 0 Å². The van der Waals surface area contributed by atoms with Crippen LogP contribution in [0.2, 0.25) is 0 Å². The van der Waals surface area contributed by atoms with Crippen molar-refractivity contribution in [3.05, 3.63) is 89.5 Å². The van der Waals surface area contributed by atoms with Crippen molar-refractivity contribution in [1.29, 1.82) is 0 Å². The number of hydrogen-bond acceptors (Lipinski definition) is 4. The number of amides is 2. The predicted molar refractivity (Wildman–Crippen MR) is 120 cm³/mol. The number of fused-ring (bicyclic) bond motifs is 1. The second-order valence-corrected chi connectivity index (χ2v) is 8.14. The van der Waals surface area contributed by atoms with Crippen LogP contribution in [0.5, 0.6) is 0 Å². The summed E-state index contributed by atoms with van der Waals surface area (Å²) in [5.74, 6) is -0.856. The van der Waals surface area contributed by atoms with E-state index in [1.807, 2.05) is 43.5 Å². The third kappa shape index (κ3) is 3.49. The first-order valence-corrected chi connectivity index (χ1v) is 10.8. The van der Waals surface area contributed by atoms with Crippen LogP contribution in [0.15, 0.2) is 77.7 Å². The summed E-state index contributed by atoms with van der Waals surface area (Å²) in [5.41, 5.74) is 1.39. The van der Waals surface area contributed by atoms with Crippen molar-refractivity contribution in [1.82, 2.24) is 0 Å². The molecule has 0 radical (unpaired) electrons. The molecule has 3 aromatic carbocycles. The summed E-state index contributed by atoms with van der Waals surface area (Å²) in [6.07, 6.45) is 1.96. The van der Waals surface area contributed by atoms with Crippen LogP contribution in [0.25, 0.3) is 0 Å². The Morgan fingerprint density at radius 3 is 2.53 bits per heavy atom. The molecule has 5 nitrogen and oxygen atoms in total. The van der Waals surface area contributed by atoms with E-state index < -0.39 is 11.5 Å². The van der Waals surface area contributed by atoms with Crippen LogP contribution in [-0.4, -0.2) is 29.7 Å². The number of aliphatic hydroxyl groups is 1. The predicted octanol–water partition coefficient (Wildman–Crippen LogP) is 3.94. The highest BCUT2D eigenvalue weighted by atomic mass is 32.2. The van der Waals surface area contributed by atoms with E-state index in [9.17, 15) is 14.7 Å². The maximum atomic E-state index is 13.4. The fraction of sp³-hybridized carbons (Fsp3) is 0.167. The normalized spacial score (nSPS) is 17.7. The van der Waals surface area contributed by atoms with Gasteiger partial charge >= 0.3 is 0 Å². The van der Waals surface area contributed by atoms with Gasteiger partial charge in [-0.3, -0.25) is 14.5 Å². The molecule has 1 heterocycles. The maximum Gasteiger partial charge on any atom is 0.268 e. The third-order valence-corrected chi connectivity index (χ3v) is 5.99. The minimum Gasteiger partial charge on any atom is -0.372 e. The fourth-order valence-electron chi connectivity index (χ4n) is 3.71. The molecular weight excluding hydrogens is 396 g/mol. The molecule has 152 valence electrons. The molecule has 0 saturated heterocycles. The molecule has 3 aromatic rings. The third-order valence-electron chi connectivity index (χ3n) is 5.26. The van der Waals surface area contributed by atoms with Gasteiger partial charge in [-0.05, 0) is 43.0 Å². The molecule has 6 heteroatoms. The highest BCUT2D eigenvalue weighted by Crippen LogP contribution is 2.44. The zero-order chi connectivity index (χ0) is 21.3. The van der Waals surface area contributed by atoms with Gasteiger partial charge in [0.1, 0.15) is 6.54 Å². The lowest BCUT2D eigenvalue weighted by molar-refractivity contribution is -0.133. The fourth-order valence-corrected chi connectivity index (χ4v) is 4.17. The zero-order valence-corrected chi connectivity index (χ0v) is 17.6. The Labute approximate surface area is 179 Å². The molecule has 0 spiro atoms. The number of benzene rings is 3. The molecule has 1 aliphatic heterocycles. The molecule has 2 amide bonds. The summed E-state index contributed by atoms with van der Waals surface area (Å²) in [7, 11) is 0. The first-order valence-electron chi connectivity index (χ1n) is 9.58. The van der Waals surface area contributed by atoms with E-state index in [4.69, 9.17) is 0 Å². The quantitative estimate of drug-likeness (QED) is 0.616. The maximum absolute atomic E-state index is 13.4. The van der Waals surface area contributed by atoms with E-state index in [1.165, 1.54) is 4.90 Å². The van der Waals surface area contributed by atoms with Crippen molar-refractivity contribution in [3.8, 4) is 0 Å². The van der Waals surface area contributed by atoms with Crippen LogP contribution in [0.4, 0.5) is 11.4 Å². The number of hydrogen-bond donors (Lipinski definition) is 2. The van der Waals surface area contributed by atoms with Crippen molar-refractivity contribution >= 4 is 35.0 Å². The summed E-state index contributed by atoms with van der Waals surface area (Å²) in [6.45, 7) is 1.76. The topological polar surface area (TPSA) is 69.6 Å². The Balaban J connectivity index is 1.63. The van der Waals surface area contributed by atoms with Gasteiger partial charge in [0.15, 0.2) is 5.60 Å². The molecule has 2 N–H and O–H groups in total. The van der Waals surface area contributed by atoms with Crippen LogP contribution >= 0.6 is 11.8 Å². The van der Waals surface area contributed by atoms with Gasteiger partial charge in [0, 0.05) is 16.1 Å². The monoisotopic (exact) mass is 418 g/mol. The molecule has 0 aliphatic carbocycles. The second-order valence-electron chi connectivity index (χ2n) is 7.27. The SMILES string of the molecule is CSc1cccc(NC(=O)CN2C(=O)[C@](O)(c3ccc(C)cc3)c3ccccc32)c1. The highest BCUT2D eigenvalue weighted by Gasteiger charge is 2.51. The number of aryl methyl sites for hydroxylation is 1. The summed E-state index contributed by atoms with van der Waals surface area (Å²) in [5, 5.41) is 14.3. The summed E-state index contributed by atoms with van der Waals surface area (Å²) in [6, 6.07) is 21.8. The first-order chi connectivity index (χ1) is 14.4. The molecule has 0 fully saturated rings. The molecule has 4 rings (SSSR count). The van der Waals surface area contributed by atoms with E-state index in [0.717, 1.165) is 10.5 Å². The summed E-state index contributed by atoms with van der Waals surface area (Å²) < 4.78 is 0. The number of nitrogens with zero attached hydrogens (tertiary/aromatic N) is 1.